The molecular formula is C15H21N3O2. The van der Waals surface area contributed by atoms with Crippen LogP contribution in [0, 0.1) is 0 Å². The zero-order valence-electron chi connectivity index (χ0n) is 12.3. The Labute approximate surface area is 119 Å². The monoisotopic (exact) mass is 275 g/mol. The van der Waals surface area contributed by atoms with Crippen LogP contribution in [-0.2, 0) is 19.5 Å². The molecule has 0 amide bonds. The largest absolute Gasteiger partial charge is 0.494 e. The van der Waals surface area contributed by atoms with Crippen LogP contribution in [-0.4, -0.2) is 28.8 Å². The van der Waals surface area contributed by atoms with Crippen LogP contribution < -0.4 is 4.74 Å². The standard InChI is InChI=1S/C15H21N3O2/c1-4-14-16-17-15(20-14)11-18(3)10-12-6-8-13(9-7-12)19-5-2/h6-9H,4-5,10-11H2,1-3H3. The van der Waals surface area contributed by atoms with Gasteiger partial charge in [0.15, 0.2) is 0 Å². The molecule has 0 spiro atoms. The van der Waals surface area contributed by atoms with Gasteiger partial charge in [-0.25, -0.2) is 0 Å². The van der Waals surface area contributed by atoms with E-state index >= 15 is 0 Å². The van der Waals surface area contributed by atoms with Crippen molar-refractivity contribution in [3.05, 3.63) is 41.6 Å². The van der Waals surface area contributed by atoms with Crippen LogP contribution in [0.3, 0.4) is 0 Å². The van der Waals surface area contributed by atoms with Crippen molar-refractivity contribution in [1.29, 1.82) is 0 Å². The number of nitrogens with zero attached hydrogens (tertiary/aromatic N) is 3. The number of ether oxygens (including phenoxy) is 1. The first-order chi connectivity index (χ1) is 9.71. The Kier molecular flexibility index (Phi) is 5.12. The summed E-state index contributed by atoms with van der Waals surface area (Å²) in [4.78, 5) is 2.14. The molecule has 0 fully saturated rings. The fraction of sp³-hybridized carbons (Fsp3) is 0.467. The molecule has 2 aromatic rings. The Morgan fingerprint density at radius 1 is 1.05 bits per heavy atom. The quantitative estimate of drug-likeness (QED) is 0.777. The maximum absolute atomic E-state index is 5.51. The van der Waals surface area contributed by atoms with Gasteiger partial charge in [0.25, 0.3) is 0 Å². The number of aryl methyl sites for hydroxylation is 1. The van der Waals surface area contributed by atoms with E-state index < -0.39 is 0 Å². The van der Waals surface area contributed by atoms with E-state index in [1.807, 2.05) is 33.0 Å². The summed E-state index contributed by atoms with van der Waals surface area (Å²) >= 11 is 0. The molecule has 108 valence electrons. The molecule has 0 saturated heterocycles. The molecule has 0 bridgehead atoms. The lowest BCUT2D eigenvalue weighted by Gasteiger charge is -2.14. The number of hydrogen-bond acceptors (Lipinski definition) is 5. The van der Waals surface area contributed by atoms with Gasteiger partial charge in [0.05, 0.1) is 13.2 Å². The molecule has 0 unspecified atom stereocenters. The molecule has 2 rings (SSSR count). The zero-order valence-corrected chi connectivity index (χ0v) is 12.3. The van der Waals surface area contributed by atoms with E-state index in [0.29, 0.717) is 24.9 Å². The van der Waals surface area contributed by atoms with E-state index in [0.717, 1.165) is 18.7 Å². The molecule has 1 aromatic carbocycles. The smallest absolute Gasteiger partial charge is 0.230 e. The maximum Gasteiger partial charge on any atom is 0.230 e. The van der Waals surface area contributed by atoms with E-state index in [1.54, 1.807) is 0 Å². The van der Waals surface area contributed by atoms with Crippen molar-refractivity contribution in [2.24, 2.45) is 0 Å². The summed E-state index contributed by atoms with van der Waals surface area (Å²) in [6.07, 6.45) is 0.773. The fourth-order valence-corrected chi connectivity index (χ4v) is 1.95. The van der Waals surface area contributed by atoms with E-state index in [2.05, 4.69) is 27.2 Å². The summed E-state index contributed by atoms with van der Waals surface area (Å²) in [6.45, 7) is 6.16. The molecule has 0 aliphatic heterocycles. The first-order valence-corrected chi connectivity index (χ1v) is 6.92. The number of benzene rings is 1. The first-order valence-electron chi connectivity index (χ1n) is 6.92. The van der Waals surface area contributed by atoms with Gasteiger partial charge in [-0.1, -0.05) is 19.1 Å². The second kappa shape index (κ2) is 7.05. The molecule has 1 aromatic heterocycles. The average molecular weight is 275 g/mol. The molecule has 5 heteroatoms. The van der Waals surface area contributed by atoms with Gasteiger partial charge in [-0.05, 0) is 31.7 Å². The summed E-state index contributed by atoms with van der Waals surface area (Å²) < 4.78 is 10.9. The van der Waals surface area contributed by atoms with Gasteiger partial charge in [-0.15, -0.1) is 10.2 Å². The zero-order chi connectivity index (χ0) is 14.4. The SMILES string of the molecule is CCOc1ccc(CN(C)Cc2nnc(CC)o2)cc1. The van der Waals surface area contributed by atoms with E-state index in [-0.39, 0.29) is 0 Å². The van der Waals surface area contributed by atoms with Crippen LogP contribution in [0.2, 0.25) is 0 Å². The molecule has 0 saturated carbocycles. The molecule has 20 heavy (non-hydrogen) atoms. The van der Waals surface area contributed by atoms with E-state index in [4.69, 9.17) is 9.15 Å². The Hall–Kier alpha value is -1.88. The molecule has 0 N–H and O–H groups in total. The Morgan fingerprint density at radius 3 is 2.35 bits per heavy atom. The summed E-state index contributed by atoms with van der Waals surface area (Å²) in [6, 6.07) is 8.14. The third-order valence-corrected chi connectivity index (χ3v) is 2.90. The highest BCUT2D eigenvalue weighted by Crippen LogP contribution is 2.14. The lowest BCUT2D eigenvalue weighted by molar-refractivity contribution is 0.277. The van der Waals surface area contributed by atoms with Gasteiger partial charge >= 0.3 is 0 Å². The van der Waals surface area contributed by atoms with Gasteiger partial charge < -0.3 is 9.15 Å². The molecule has 1 heterocycles. The summed E-state index contributed by atoms with van der Waals surface area (Å²) in [5.74, 6) is 2.26. The van der Waals surface area contributed by atoms with Gasteiger partial charge in [0, 0.05) is 13.0 Å². The topological polar surface area (TPSA) is 51.4 Å². The maximum atomic E-state index is 5.51. The highest BCUT2D eigenvalue weighted by atomic mass is 16.5. The van der Waals surface area contributed by atoms with Crippen LogP contribution in [0.1, 0.15) is 31.2 Å². The van der Waals surface area contributed by atoms with Crippen LogP contribution in [0.15, 0.2) is 28.7 Å². The van der Waals surface area contributed by atoms with Gasteiger partial charge in [0.1, 0.15) is 5.75 Å². The summed E-state index contributed by atoms with van der Waals surface area (Å²) in [7, 11) is 2.03. The third kappa shape index (κ3) is 4.06. The second-order valence-corrected chi connectivity index (χ2v) is 4.69. The van der Waals surface area contributed by atoms with Crippen molar-refractivity contribution in [3.8, 4) is 5.75 Å². The number of hydrogen-bond donors (Lipinski definition) is 0. The van der Waals surface area contributed by atoms with Gasteiger partial charge in [-0.2, -0.15) is 0 Å². The average Bonchev–Trinajstić information content (AvgIpc) is 2.89. The van der Waals surface area contributed by atoms with Gasteiger partial charge in [0.2, 0.25) is 11.8 Å². The van der Waals surface area contributed by atoms with Crippen LogP contribution >= 0.6 is 0 Å². The first kappa shape index (κ1) is 14.5. The van der Waals surface area contributed by atoms with Crippen molar-refractivity contribution < 1.29 is 9.15 Å². The molecule has 5 nitrogen and oxygen atoms in total. The minimum Gasteiger partial charge on any atom is -0.494 e. The molecule has 0 radical (unpaired) electrons. The van der Waals surface area contributed by atoms with Gasteiger partial charge in [-0.3, -0.25) is 4.90 Å². The van der Waals surface area contributed by atoms with Crippen LogP contribution in [0.5, 0.6) is 5.75 Å². The molecule has 0 atom stereocenters. The van der Waals surface area contributed by atoms with Crippen LogP contribution in [0.25, 0.3) is 0 Å². The minimum absolute atomic E-state index is 0.653. The minimum atomic E-state index is 0.653. The predicted octanol–water partition coefficient (Wildman–Crippen LogP) is 2.66. The summed E-state index contributed by atoms with van der Waals surface area (Å²) in [5, 5.41) is 8.00. The number of rotatable bonds is 7. The highest BCUT2D eigenvalue weighted by Gasteiger charge is 2.08. The lowest BCUT2D eigenvalue weighted by Crippen LogP contribution is -2.17. The fourth-order valence-electron chi connectivity index (χ4n) is 1.95. The normalized spacial score (nSPS) is 11.0. The Bertz CT molecular complexity index is 522. The predicted molar refractivity (Wildman–Crippen MR) is 76.5 cm³/mol. The second-order valence-electron chi connectivity index (χ2n) is 4.69. The summed E-state index contributed by atoms with van der Waals surface area (Å²) in [5.41, 5.74) is 1.23. The van der Waals surface area contributed by atoms with Crippen molar-refractivity contribution >= 4 is 0 Å². The van der Waals surface area contributed by atoms with Crippen molar-refractivity contribution in [2.45, 2.75) is 33.4 Å². The Morgan fingerprint density at radius 2 is 1.75 bits per heavy atom. The third-order valence-electron chi connectivity index (χ3n) is 2.90. The molecule has 0 aliphatic carbocycles. The highest BCUT2D eigenvalue weighted by molar-refractivity contribution is 5.27. The van der Waals surface area contributed by atoms with Crippen molar-refractivity contribution in [3.63, 3.8) is 0 Å². The molecule has 0 aliphatic rings. The Balaban J connectivity index is 1.88. The van der Waals surface area contributed by atoms with Crippen molar-refractivity contribution in [2.75, 3.05) is 13.7 Å². The van der Waals surface area contributed by atoms with E-state index in [9.17, 15) is 0 Å². The number of aromatic nitrogens is 2. The molecular weight excluding hydrogens is 254 g/mol. The van der Waals surface area contributed by atoms with E-state index in [1.165, 1.54) is 5.56 Å². The van der Waals surface area contributed by atoms with Crippen molar-refractivity contribution in [1.82, 2.24) is 15.1 Å². The lowest BCUT2D eigenvalue weighted by atomic mass is 10.2. The van der Waals surface area contributed by atoms with Crippen LogP contribution in [0.4, 0.5) is 0 Å².